The Labute approximate surface area is 270 Å². The zero-order valence-electron chi connectivity index (χ0n) is 27.9. The topological polar surface area (TPSA) is 140 Å². The second kappa shape index (κ2) is 14.0. The van der Waals surface area contributed by atoms with Crippen molar-refractivity contribution in [2.24, 2.45) is 0 Å². The van der Waals surface area contributed by atoms with Crippen LogP contribution in [0.1, 0.15) is 49.9 Å². The Morgan fingerprint density at radius 1 is 1.07 bits per heavy atom. The summed E-state index contributed by atoms with van der Waals surface area (Å²) in [6.45, 7) is 13.4. The van der Waals surface area contributed by atoms with Gasteiger partial charge in [-0.05, 0) is 87.6 Å². The molecule has 10 heteroatoms. The number of carbonyl (C=O) groups is 1. The van der Waals surface area contributed by atoms with Gasteiger partial charge in [0.1, 0.15) is 5.69 Å². The van der Waals surface area contributed by atoms with Crippen LogP contribution in [-0.4, -0.2) is 63.8 Å². The van der Waals surface area contributed by atoms with Gasteiger partial charge in [-0.2, -0.15) is 4.98 Å². The first kappa shape index (κ1) is 33.9. The molecule has 0 fully saturated rings. The molecule has 6 rings (SSSR count). The molecule has 1 aliphatic heterocycles. The quantitative estimate of drug-likeness (QED) is 0.115. The van der Waals surface area contributed by atoms with Crippen molar-refractivity contribution in [1.82, 2.24) is 14.7 Å². The molecule has 0 saturated carbocycles. The van der Waals surface area contributed by atoms with E-state index in [1.807, 2.05) is 25.2 Å². The molecule has 3 aromatic carbocycles. The van der Waals surface area contributed by atoms with E-state index in [2.05, 4.69) is 78.1 Å². The second-order valence-corrected chi connectivity index (χ2v) is 12.3. The molecular formula is C36H44N6O4. The van der Waals surface area contributed by atoms with Crippen LogP contribution in [0, 0.1) is 19.3 Å². The van der Waals surface area contributed by atoms with E-state index in [9.17, 15) is 0 Å². The summed E-state index contributed by atoms with van der Waals surface area (Å²) in [6, 6.07) is 16.9. The van der Waals surface area contributed by atoms with Crippen LogP contribution < -0.4 is 10.2 Å². The monoisotopic (exact) mass is 624 g/mol. The van der Waals surface area contributed by atoms with Gasteiger partial charge < -0.3 is 34.9 Å². The fraction of sp³-hybridized carbons (Fsp3) is 0.333. The Morgan fingerprint density at radius 2 is 1.70 bits per heavy atom. The van der Waals surface area contributed by atoms with E-state index in [-0.39, 0.29) is 6.47 Å². The summed E-state index contributed by atoms with van der Waals surface area (Å²) in [5.74, 6) is 1.02. The predicted molar refractivity (Wildman–Crippen MR) is 186 cm³/mol. The number of nitrogens with zero attached hydrogens (tertiary/aromatic N) is 4. The van der Waals surface area contributed by atoms with E-state index in [0.717, 1.165) is 42.0 Å². The molecule has 10 nitrogen and oxygen atoms in total. The lowest BCUT2D eigenvalue weighted by Crippen LogP contribution is -2.29. The number of benzene rings is 3. The molecule has 46 heavy (non-hydrogen) atoms. The number of hydrogen-bond donors (Lipinski definition) is 4. The highest BCUT2D eigenvalue weighted by Gasteiger charge is 2.29. The Kier molecular flexibility index (Phi) is 10.3. The average molecular weight is 625 g/mol. The van der Waals surface area contributed by atoms with Crippen molar-refractivity contribution in [3.63, 3.8) is 0 Å². The fourth-order valence-electron chi connectivity index (χ4n) is 5.89. The summed E-state index contributed by atoms with van der Waals surface area (Å²) in [5, 5.41) is 31.8. The van der Waals surface area contributed by atoms with Gasteiger partial charge in [-0.15, -0.1) is 0 Å². The van der Waals surface area contributed by atoms with Crippen LogP contribution in [0.4, 0.5) is 11.4 Å². The Bertz CT molecular complexity index is 1840. The summed E-state index contributed by atoms with van der Waals surface area (Å²) >= 11 is 0. The maximum absolute atomic E-state index is 8.52. The molecule has 3 heterocycles. The van der Waals surface area contributed by atoms with Crippen LogP contribution in [-0.2, 0) is 17.8 Å². The van der Waals surface area contributed by atoms with Crippen LogP contribution in [0.25, 0.3) is 45.0 Å². The molecule has 4 N–H and O–H groups in total. The van der Waals surface area contributed by atoms with Crippen molar-refractivity contribution in [1.29, 1.82) is 5.41 Å². The van der Waals surface area contributed by atoms with Crippen molar-refractivity contribution in [3.8, 4) is 34.1 Å². The van der Waals surface area contributed by atoms with E-state index in [1.54, 1.807) is 20.8 Å². The molecule has 0 bridgehead atoms. The second-order valence-electron chi connectivity index (χ2n) is 12.3. The van der Waals surface area contributed by atoms with E-state index >= 15 is 0 Å². The Morgan fingerprint density at radius 3 is 2.28 bits per heavy atom. The first-order chi connectivity index (χ1) is 21.9. The third kappa shape index (κ3) is 6.97. The van der Waals surface area contributed by atoms with Crippen LogP contribution >= 0.6 is 0 Å². The normalized spacial score (nSPS) is 12.2. The largest absolute Gasteiger partial charge is 0.483 e. The van der Waals surface area contributed by atoms with Crippen LogP contribution in [0.15, 0.2) is 53.1 Å². The maximum atomic E-state index is 8.52. The van der Waals surface area contributed by atoms with Crippen molar-refractivity contribution < 1.29 is 19.5 Å². The summed E-state index contributed by atoms with van der Waals surface area (Å²) in [7, 11) is 4.03. The summed E-state index contributed by atoms with van der Waals surface area (Å²) in [6.07, 6.45) is 2.29. The van der Waals surface area contributed by atoms with Gasteiger partial charge in [0.05, 0.1) is 16.8 Å². The van der Waals surface area contributed by atoms with E-state index in [0.29, 0.717) is 11.7 Å². The Hall–Kier alpha value is -4.96. The first-order valence-corrected chi connectivity index (χ1v) is 15.3. The maximum Gasteiger partial charge on any atom is 0.290 e. The third-order valence-electron chi connectivity index (χ3n) is 7.81. The number of aromatic nitrogens is 3. The average Bonchev–Trinajstić information content (AvgIpc) is 3.65. The minimum atomic E-state index is -0.500. The third-order valence-corrected chi connectivity index (χ3v) is 7.81. The van der Waals surface area contributed by atoms with Crippen LogP contribution in [0.2, 0.25) is 0 Å². The molecule has 0 amide bonds. The van der Waals surface area contributed by atoms with Gasteiger partial charge in [0.2, 0.25) is 5.82 Å². The number of carboxylic acid groups (broad SMARTS) is 1. The molecule has 0 aliphatic carbocycles. The number of anilines is 2. The first-order valence-electron chi connectivity index (χ1n) is 15.3. The smallest absolute Gasteiger partial charge is 0.290 e. The zero-order chi connectivity index (χ0) is 33.8. The molecule has 0 radical (unpaired) electrons. The standard InChI is InChI=1S/C31H32N6O.C4H10O.CH2O2/c1-6-23-19(3)28-29-24(27(23)20-9-7-18(2)8-10-20)16-26(37(29)14-13-36(28)5)31-34-30(35-38-31)21-11-12-25(33-4)22(15-21)17-32;1-4(2,3)5;2-1-3/h7-12,15-17,32-33H,6,13-14H2,1-5H3;5H,1-3H3;1H,(H,2,3). The lowest BCUT2D eigenvalue weighted by atomic mass is 9.89. The van der Waals surface area contributed by atoms with Gasteiger partial charge in [-0.1, -0.05) is 41.9 Å². The van der Waals surface area contributed by atoms with E-state index in [1.165, 1.54) is 50.6 Å². The number of hydrogen-bond acceptors (Lipinski definition) is 8. The van der Waals surface area contributed by atoms with Gasteiger partial charge in [-0.3, -0.25) is 4.79 Å². The number of aliphatic hydroxyl groups is 1. The minimum Gasteiger partial charge on any atom is -0.483 e. The fourth-order valence-corrected chi connectivity index (χ4v) is 5.89. The van der Waals surface area contributed by atoms with Gasteiger partial charge in [0.15, 0.2) is 0 Å². The molecule has 0 atom stereocenters. The summed E-state index contributed by atoms with van der Waals surface area (Å²) in [5.41, 5.74) is 11.9. The highest BCUT2D eigenvalue weighted by molar-refractivity contribution is 6.08. The SMILES string of the molecule is CC(C)(C)O.CCc1c(C)c2c3c(cc(-c4nc(-c5ccc(NC)c(C=N)c5)no4)n3CCN2C)c1-c1ccc(C)cc1.O=CO. The molecule has 2 aromatic heterocycles. The molecular weight excluding hydrogens is 580 g/mol. The van der Waals surface area contributed by atoms with Crippen molar-refractivity contribution in [2.45, 2.75) is 60.1 Å². The molecule has 0 spiro atoms. The number of nitrogens with one attached hydrogen (secondary N) is 2. The summed E-state index contributed by atoms with van der Waals surface area (Å²) < 4.78 is 8.22. The van der Waals surface area contributed by atoms with Crippen molar-refractivity contribution in [3.05, 3.63) is 70.8 Å². The lowest BCUT2D eigenvalue weighted by molar-refractivity contribution is -0.122. The van der Waals surface area contributed by atoms with Gasteiger partial charge in [0.25, 0.3) is 12.4 Å². The highest BCUT2D eigenvalue weighted by atomic mass is 16.5. The van der Waals surface area contributed by atoms with Gasteiger partial charge >= 0.3 is 0 Å². The van der Waals surface area contributed by atoms with E-state index < -0.39 is 5.60 Å². The van der Waals surface area contributed by atoms with Crippen molar-refractivity contribution >= 4 is 35.0 Å². The van der Waals surface area contributed by atoms with Gasteiger partial charge in [-0.25, -0.2) is 0 Å². The number of aryl methyl sites for hydroxylation is 1. The summed E-state index contributed by atoms with van der Waals surface area (Å²) in [4.78, 5) is 15.6. The molecule has 242 valence electrons. The molecule has 0 saturated heterocycles. The highest BCUT2D eigenvalue weighted by Crippen LogP contribution is 2.46. The Balaban J connectivity index is 0.000000541. The lowest BCUT2D eigenvalue weighted by Gasteiger charge is -2.31. The van der Waals surface area contributed by atoms with Crippen LogP contribution in [0.3, 0.4) is 0 Å². The van der Waals surface area contributed by atoms with Gasteiger partial charge in [0, 0.05) is 55.6 Å². The minimum absolute atomic E-state index is 0.250. The number of rotatable bonds is 6. The van der Waals surface area contributed by atoms with Crippen molar-refractivity contribution in [2.75, 3.05) is 30.9 Å². The number of likely N-dealkylation sites (N-methyl/N-ethyl adjacent to an activating group) is 1. The van der Waals surface area contributed by atoms with Crippen LogP contribution in [0.5, 0.6) is 0 Å². The van der Waals surface area contributed by atoms with E-state index in [4.69, 9.17) is 29.9 Å². The predicted octanol–water partition coefficient (Wildman–Crippen LogP) is 7.17. The molecule has 1 aliphatic rings. The molecule has 5 aromatic rings. The zero-order valence-corrected chi connectivity index (χ0v) is 27.9. The molecule has 0 unspecified atom stereocenters.